The number of benzene rings is 2. The Bertz CT molecular complexity index is 902. The number of ketones is 2. The number of carbonyl (C=O) groups is 4. The Morgan fingerprint density at radius 1 is 0.846 bits per heavy atom. The van der Waals surface area contributed by atoms with E-state index in [-0.39, 0.29) is 45.4 Å². The second-order valence-electron chi connectivity index (χ2n) is 6.72. The van der Waals surface area contributed by atoms with E-state index in [1.54, 1.807) is 36.4 Å². The molecule has 0 fully saturated rings. The van der Waals surface area contributed by atoms with Crippen molar-refractivity contribution in [3.63, 3.8) is 0 Å². The van der Waals surface area contributed by atoms with Gasteiger partial charge in [0.2, 0.25) is 0 Å². The number of carbonyl (C=O) groups excluding carboxylic acids is 4. The van der Waals surface area contributed by atoms with Crippen LogP contribution >= 0.6 is 0 Å². The van der Waals surface area contributed by atoms with E-state index in [4.69, 9.17) is 0 Å². The Hall–Kier alpha value is -3.08. The summed E-state index contributed by atoms with van der Waals surface area (Å²) in [7, 11) is 0. The molecule has 5 heteroatoms. The van der Waals surface area contributed by atoms with Gasteiger partial charge >= 0.3 is 0 Å². The van der Waals surface area contributed by atoms with Crippen molar-refractivity contribution in [3.8, 4) is 0 Å². The quantitative estimate of drug-likeness (QED) is 0.617. The van der Waals surface area contributed by atoms with Gasteiger partial charge in [-0.2, -0.15) is 0 Å². The van der Waals surface area contributed by atoms with Crippen LogP contribution in [0.1, 0.15) is 80.6 Å². The van der Waals surface area contributed by atoms with Crippen LogP contribution < -0.4 is 4.90 Å². The highest BCUT2D eigenvalue weighted by molar-refractivity contribution is 6.36. The van der Waals surface area contributed by atoms with E-state index in [0.29, 0.717) is 0 Å². The lowest BCUT2D eigenvalue weighted by atomic mass is 9.92. The van der Waals surface area contributed by atoms with Crippen LogP contribution in [0.15, 0.2) is 36.4 Å². The Labute approximate surface area is 151 Å². The maximum absolute atomic E-state index is 12.9. The van der Waals surface area contributed by atoms with E-state index >= 15 is 0 Å². The third kappa shape index (κ3) is 2.65. The third-order valence-electron chi connectivity index (χ3n) is 4.58. The fraction of sp³-hybridized carbons (Fsp3) is 0.238. The summed E-state index contributed by atoms with van der Waals surface area (Å²) < 4.78 is 0. The van der Waals surface area contributed by atoms with Crippen molar-refractivity contribution in [1.82, 2.24) is 0 Å². The van der Waals surface area contributed by atoms with Gasteiger partial charge in [0.15, 0.2) is 11.6 Å². The molecule has 0 aliphatic carbocycles. The van der Waals surface area contributed by atoms with E-state index in [9.17, 15) is 19.2 Å². The van der Waals surface area contributed by atoms with Crippen LogP contribution in [0.4, 0.5) is 5.69 Å². The molecule has 0 saturated carbocycles. The Kier molecular flexibility index (Phi) is 4.32. The SMILES string of the molecule is CC(=O)c1cc(C(C)C)cc(C(C)=O)c1N1C(=O)c2ccccc2C1=O. The highest BCUT2D eigenvalue weighted by Gasteiger charge is 2.39. The van der Waals surface area contributed by atoms with Crippen molar-refractivity contribution >= 4 is 29.1 Å². The first-order valence-electron chi connectivity index (χ1n) is 8.41. The van der Waals surface area contributed by atoms with Gasteiger partial charge in [-0.25, -0.2) is 4.90 Å². The highest BCUT2D eigenvalue weighted by Crippen LogP contribution is 2.36. The summed E-state index contributed by atoms with van der Waals surface area (Å²) in [5.74, 6) is -1.56. The number of rotatable bonds is 4. The largest absolute Gasteiger partial charge is 0.294 e. The number of anilines is 1. The molecule has 0 saturated heterocycles. The predicted octanol–water partition coefficient (Wildman–Crippen LogP) is 4.02. The minimum absolute atomic E-state index is 0.0839. The molecule has 0 aromatic heterocycles. The van der Waals surface area contributed by atoms with Gasteiger partial charge in [-0.3, -0.25) is 19.2 Å². The minimum atomic E-state index is -0.520. The van der Waals surface area contributed by atoms with Gasteiger partial charge in [0.1, 0.15) is 0 Å². The minimum Gasteiger partial charge on any atom is -0.294 e. The van der Waals surface area contributed by atoms with E-state index in [1.165, 1.54) is 13.8 Å². The van der Waals surface area contributed by atoms with Crippen LogP contribution in [0.25, 0.3) is 0 Å². The molecule has 0 radical (unpaired) electrons. The fourth-order valence-corrected chi connectivity index (χ4v) is 3.16. The molecule has 2 aromatic rings. The van der Waals surface area contributed by atoms with Crippen LogP contribution in [0.5, 0.6) is 0 Å². The first-order valence-corrected chi connectivity index (χ1v) is 8.41. The van der Waals surface area contributed by atoms with Crippen molar-refractivity contribution in [2.24, 2.45) is 0 Å². The lowest BCUT2D eigenvalue weighted by Crippen LogP contribution is -2.32. The highest BCUT2D eigenvalue weighted by atomic mass is 16.2. The van der Waals surface area contributed by atoms with Crippen LogP contribution in [0.2, 0.25) is 0 Å². The van der Waals surface area contributed by atoms with E-state index in [0.717, 1.165) is 10.5 Å². The third-order valence-corrected chi connectivity index (χ3v) is 4.58. The molecule has 5 nitrogen and oxygen atoms in total. The molecule has 0 atom stereocenters. The first kappa shape index (κ1) is 17.7. The maximum atomic E-state index is 12.9. The summed E-state index contributed by atoms with van der Waals surface area (Å²) >= 11 is 0. The zero-order valence-electron chi connectivity index (χ0n) is 15.1. The average molecular weight is 349 g/mol. The number of fused-ring (bicyclic) bond motifs is 1. The molecule has 0 unspecified atom stereocenters. The molecule has 26 heavy (non-hydrogen) atoms. The van der Waals surface area contributed by atoms with Crippen molar-refractivity contribution in [2.75, 3.05) is 4.90 Å². The molecule has 1 heterocycles. The van der Waals surface area contributed by atoms with Crippen LogP contribution in [-0.4, -0.2) is 23.4 Å². The standard InChI is InChI=1S/C21H19NO4/c1-11(2)14-9-17(12(3)23)19(18(10-14)13(4)24)22-20(25)15-7-5-6-8-16(15)21(22)26/h5-11H,1-4H3. The first-order chi connectivity index (χ1) is 12.2. The number of Topliss-reactive ketones (excluding diaryl/α,β-unsaturated/α-hetero) is 2. The second-order valence-corrected chi connectivity index (χ2v) is 6.72. The van der Waals surface area contributed by atoms with Crippen molar-refractivity contribution in [1.29, 1.82) is 0 Å². The van der Waals surface area contributed by atoms with Crippen molar-refractivity contribution < 1.29 is 19.2 Å². The van der Waals surface area contributed by atoms with Crippen LogP contribution in [0.3, 0.4) is 0 Å². The zero-order chi connectivity index (χ0) is 19.2. The molecular weight excluding hydrogens is 330 g/mol. The fourth-order valence-electron chi connectivity index (χ4n) is 3.16. The Morgan fingerprint density at radius 2 is 1.27 bits per heavy atom. The number of hydrogen-bond donors (Lipinski definition) is 0. The molecular formula is C21H19NO4. The number of amides is 2. The van der Waals surface area contributed by atoms with Gasteiger partial charge in [0.25, 0.3) is 11.8 Å². The number of hydrogen-bond acceptors (Lipinski definition) is 4. The Balaban J connectivity index is 2.32. The summed E-state index contributed by atoms with van der Waals surface area (Å²) in [6.07, 6.45) is 0. The van der Waals surface area contributed by atoms with E-state index in [2.05, 4.69) is 0 Å². The van der Waals surface area contributed by atoms with Gasteiger partial charge in [-0.1, -0.05) is 26.0 Å². The smallest absolute Gasteiger partial charge is 0.266 e. The molecule has 0 bridgehead atoms. The monoisotopic (exact) mass is 349 g/mol. The van der Waals surface area contributed by atoms with Gasteiger partial charge in [0.05, 0.1) is 16.8 Å². The molecule has 0 N–H and O–H groups in total. The van der Waals surface area contributed by atoms with Gasteiger partial charge in [-0.15, -0.1) is 0 Å². The molecule has 1 aliphatic heterocycles. The predicted molar refractivity (Wildman–Crippen MR) is 98.1 cm³/mol. The Morgan fingerprint density at radius 3 is 1.62 bits per heavy atom. The molecule has 3 rings (SSSR count). The number of imide groups is 1. The second kappa shape index (κ2) is 6.33. The van der Waals surface area contributed by atoms with Crippen LogP contribution in [-0.2, 0) is 0 Å². The van der Waals surface area contributed by atoms with Crippen molar-refractivity contribution in [3.05, 3.63) is 64.2 Å². The summed E-state index contributed by atoms with van der Waals surface area (Å²) in [4.78, 5) is 51.3. The van der Waals surface area contributed by atoms with E-state index in [1.807, 2.05) is 13.8 Å². The molecule has 1 aliphatic rings. The molecule has 2 aromatic carbocycles. The van der Waals surface area contributed by atoms with Gasteiger partial charge in [0, 0.05) is 11.1 Å². The van der Waals surface area contributed by atoms with Crippen LogP contribution in [0, 0.1) is 0 Å². The lowest BCUT2D eigenvalue weighted by Gasteiger charge is -2.22. The van der Waals surface area contributed by atoms with Crippen molar-refractivity contribution in [2.45, 2.75) is 33.6 Å². The topological polar surface area (TPSA) is 71.5 Å². The molecule has 0 spiro atoms. The summed E-state index contributed by atoms with van der Waals surface area (Å²) in [5, 5.41) is 0. The summed E-state index contributed by atoms with van der Waals surface area (Å²) in [5.41, 5.74) is 1.84. The molecule has 2 amide bonds. The summed E-state index contributed by atoms with van der Waals surface area (Å²) in [6, 6.07) is 9.81. The lowest BCUT2D eigenvalue weighted by molar-refractivity contribution is 0.0926. The van der Waals surface area contributed by atoms with Gasteiger partial charge < -0.3 is 0 Å². The zero-order valence-corrected chi connectivity index (χ0v) is 15.1. The summed E-state index contributed by atoms with van der Waals surface area (Å²) in [6.45, 7) is 6.63. The maximum Gasteiger partial charge on any atom is 0.266 e. The van der Waals surface area contributed by atoms with Gasteiger partial charge in [-0.05, 0) is 49.6 Å². The normalized spacial score (nSPS) is 13.3. The number of nitrogens with zero attached hydrogens (tertiary/aromatic N) is 1. The average Bonchev–Trinajstić information content (AvgIpc) is 2.85. The molecule has 132 valence electrons. The van der Waals surface area contributed by atoms with E-state index < -0.39 is 11.8 Å².